The van der Waals surface area contributed by atoms with Crippen molar-refractivity contribution in [3.63, 3.8) is 0 Å². The van der Waals surface area contributed by atoms with Crippen molar-refractivity contribution in [3.05, 3.63) is 84.2 Å². The van der Waals surface area contributed by atoms with Gasteiger partial charge in [-0.2, -0.15) is 0 Å². The van der Waals surface area contributed by atoms with E-state index in [1.807, 2.05) is 24.3 Å². The SMILES string of the molecule is COc1ccc(Br)c(CNc2ccc(Cl)cc2Cl)c1OCc1ccc(Cl)c(Cl)c1. The number of anilines is 1. The molecule has 3 nitrogen and oxygen atoms in total. The topological polar surface area (TPSA) is 30.5 Å². The Morgan fingerprint density at radius 3 is 2.38 bits per heavy atom. The molecule has 0 amide bonds. The molecule has 0 aromatic heterocycles. The maximum atomic E-state index is 6.26. The molecule has 3 aromatic carbocycles. The molecular weight excluding hydrogens is 520 g/mol. The van der Waals surface area contributed by atoms with Crippen LogP contribution in [0.5, 0.6) is 11.5 Å². The molecule has 0 saturated heterocycles. The normalized spacial score (nSPS) is 10.7. The molecule has 3 rings (SSSR count). The molecule has 0 spiro atoms. The molecular formula is C21H16BrCl4NO2. The van der Waals surface area contributed by atoms with E-state index < -0.39 is 0 Å². The summed E-state index contributed by atoms with van der Waals surface area (Å²) in [6.07, 6.45) is 0. The minimum absolute atomic E-state index is 0.304. The van der Waals surface area contributed by atoms with E-state index in [1.54, 1.807) is 31.4 Å². The Morgan fingerprint density at radius 2 is 1.69 bits per heavy atom. The van der Waals surface area contributed by atoms with Gasteiger partial charge in [0, 0.05) is 21.6 Å². The highest BCUT2D eigenvalue weighted by molar-refractivity contribution is 9.10. The molecule has 0 heterocycles. The van der Waals surface area contributed by atoms with Crippen LogP contribution in [0.3, 0.4) is 0 Å². The van der Waals surface area contributed by atoms with Gasteiger partial charge >= 0.3 is 0 Å². The maximum Gasteiger partial charge on any atom is 0.167 e. The first kappa shape index (κ1) is 22.4. The maximum absolute atomic E-state index is 6.26. The van der Waals surface area contributed by atoms with E-state index in [0.29, 0.717) is 44.7 Å². The smallest absolute Gasteiger partial charge is 0.167 e. The van der Waals surface area contributed by atoms with Crippen LogP contribution in [0.1, 0.15) is 11.1 Å². The minimum Gasteiger partial charge on any atom is -0.493 e. The molecule has 0 radical (unpaired) electrons. The summed E-state index contributed by atoms with van der Waals surface area (Å²) in [4.78, 5) is 0. The molecule has 0 aliphatic carbocycles. The van der Waals surface area contributed by atoms with Crippen molar-refractivity contribution < 1.29 is 9.47 Å². The van der Waals surface area contributed by atoms with Gasteiger partial charge in [-0.3, -0.25) is 0 Å². The summed E-state index contributed by atoms with van der Waals surface area (Å²) >= 11 is 27.9. The van der Waals surface area contributed by atoms with Crippen LogP contribution >= 0.6 is 62.3 Å². The summed E-state index contributed by atoms with van der Waals surface area (Å²) < 4.78 is 12.5. The predicted molar refractivity (Wildman–Crippen MR) is 125 cm³/mol. The Kier molecular flexibility index (Phi) is 7.83. The van der Waals surface area contributed by atoms with Crippen LogP contribution in [0.2, 0.25) is 20.1 Å². The highest BCUT2D eigenvalue weighted by atomic mass is 79.9. The van der Waals surface area contributed by atoms with Gasteiger partial charge in [0.2, 0.25) is 0 Å². The second-order valence-electron chi connectivity index (χ2n) is 6.07. The van der Waals surface area contributed by atoms with Crippen LogP contribution in [0.4, 0.5) is 5.69 Å². The molecule has 0 aliphatic rings. The first-order valence-corrected chi connectivity index (χ1v) is 10.8. The van der Waals surface area contributed by atoms with Crippen LogP contribution in [-0.4, -0.2) is 7.11 Å². The van der Waals surface area contributed by atoms with E-state index in [-0.39, 0.29) is 0 Å². The number of ether oxygens (including phenoxy) is 2. The lowest BCUT2D eigenvalue weighted by Crippen LogP contribution is -2.06. The van der Waals surface area contributed by atoms with Crippen LogP contribution < -0.4 is 14.8 Å². The van der Waals surface area contributed by atoms with Crippen molar-refractivity contribution in [2.45, 2.75) is 13.2 Å². The first-order valence-electron chi connectivity index (χ1n) is 8.50. The Balaban J connectivity index is 1.85. The summed E-state index contributed by atoms with van der Waals surface area (Å²) in [5, 5.41) is 5.40. The van der Waals surface area contributed by atoms with Crippen LogP contribution in [-0.2, 0) is 13.2 Å². The zero-order chi connectivity index (χ0) is 21.0. The van der Waals surface area contributed by atoms with Gasteiger partial charge in [-0.25, -0.2) is 0 Å². The standard InChI is InChI=1S/C21H16BrCl4NO2/c1-28-20-7-4-15(22)14(10-27-19-6-3-13(23)9-18(19)26)21(20)29-11-12-2-5-16(24)17(25)8-12/h2-9,27H,10-11H2,1H3. The zero-order valence-corrected chi connectivity index (χ0v) is 19.8. The van der Waals surface area contributed by atoms with E-state index >= 15 is 0 Å². The Hall–Kier alpha value is -1.30. The van der Waals surface area contributed by atoms with Crippen molar-refractivity contribution in [3.8, 4) is 11.5 Å². The van der Waals surface area contributed by atoms with Gasteiger partial charge in [0.25, 0.3) is 0 Å². The van der Waals surface area contributed by atoms with Crippen molar-refractivity contribution in [1.82, 2.24) is 0 Å². The number of halogens is 5. The molecule has 0 atom stereocenters. The number of benzene rings is 3. The Bertz CT molecular complexity index is 1030. The van der Waals surface area contributed by atoms with E-state index in [1.165, 1.54) is 0 Å². The largest absolute Gasteiger partial charge is 0.493 e. The number of rotatable bonds is 7. The van der Waals surface area contributed by atoms with E-state index in [4.69, 9.17) is 55.9 Å². The summed E-state index contributed by atoms with van der Waals surface area (Å²) in [7, 11) is 1.60. The lowest BCUT2D eigenvalue weighted by molar-refractivity contribution is 0.281. The number of hydrogen-bond acceptors (Lipinski definition) is 3. The third-order valence-electron chi connectivity index (χ3n) is 4.14. The summed E-state index contributed by atoms with van der Waals surface area (Å²) in [6.45, 7) is 0.758. The van der Waals surface area contributed by atoms with Crippen molar-refractivity contribution in [1.29, 1.82) is 0 Å². The average molecular weight is 536 g/mol. The van der Waals surface area contributed by atoms with Gasteiger partial charge in [-0.05, 0) is 48.0 Å². The molecule has 0 aliphatic heterocycles. The fraction of sp³-hybridized carbons (Fsp3) is 0.143. The number of nitrogens with one attached hydrogen (secondary N) is 1. The van der Waals surface area contributed by atoms with Crippen molar-refractivity contribution in [2.24, 2.45) is 0 Å². The lowest BCUT2D eigenvalue weighted by Gasteiger charge is -2.18. The van der Waals surface area contributed by atoms with Gasteiger partial charge in [-0.1, -0.05) is 68.4 Å². The Morgan fingerprint density at radius 1 is 0.897 bits per heavy atom. The van der Waals surface area contributed by atoms with Gasteiger partial charge in [-0.15, -0.1) is 0 Å². The van der Waals surface area contributed by atoms with Crippen LogP contribution in [0.15, 0.2) is 53.0 Å². The predicted octanol–water partition coefficient (Wildman–Crippen LogP) is 8.26. The van der Waals surface area contributed by atoms with Gasteiger partial charge in [0.05, 0.1) is 27.9 Å². The molecule has 0 saturated carbocycles. The first-order chi connectivity index (χ1) is 13.9. The monoisotopic (exact) mass is 533 g/mol. The van der Waals surface area contributed by atoms with Gasteiger partial charge < -0.3 is 14.8 Å². The molecule has 0 bridgehead atoms. The van der Waals surface area contributed by atoms with E-state index in [2.05, 4.69) is 21.2 Å². The molecule has 0 fully saturated rings. The van der Waals surface area contributed by atoms with Gasteiger partial charge in [0.15, 0.2) is 11.5 Å². The molecule has 29 heavy (non-hydrogen) atoms. The summed E-state index contributed by atoms with van der Waals surface area (Å²) in [5.41, 5.74) is 2.54. The van der Waals surface area contributed by atoms with E-state index in [9.17, 15) is 0 Å². The van der Waals surface area contributed by atoms with Crippen molar-refractivity contribution in [2.75, 3.05) is 12.4 Å². The molecule has 0 unspecified atom stereocenters. The van der Waals surface area contributed by atoms with Gasteiger partial charge in [0.1, 0.15) is 6.61 Å². The number of hydrogen-bond donors (Lipinski definition) is 1. The van der Waals surface area contributed by atoms with Crippen molar-refractivity contribution >= 4 is 68.0 Å². The molecule has 8 heteroatoms. The zero-order valence-electron chi connectivity index (χ0n) is 15.2. The number of methoxy groups -OCH3 is 1. The highest BCUT2D eigenvalue weighted by Gasteiger charge is 2.16. The molecule has 3 aromatic rings. The third kappa shape index (κ3) is 5.65. The summed E-state index contributed by atoms with van der Waals surface area (Å²) in [6, 6.07) is 14.4. The third-order valence-corrected chi connectivity index (χ3v) is 6.17. The molecule has 1 N–H and O–H groups in total. The second-order valence-corrected chi connectivity index (χ2v) is 8.58. The Labute approximate surface area is 197 Å². The average Bonchev–Trinajstić information content (AvgIpc) is 2.69. The second kappa shape index (κ2) is 10.1. The van der Waals surface area contributed by atoms with Crippen LogP contribution in [0, 0.1) is 0 Å². The fourth-order valence-electron chi connectivity index (χ4n) is 2.67. The lowest BCUT2D eigenvalue weighted by atomic mass is 10.1. The molecule has 152 valence electrons. The van der Waals surface area contributed by atoms with Crippen LogP contribution in [0.25, 0.3) is 0 Å². The highest BCUT2D eigenvalue weighted by Crippen LogP contribution is 2.38. The fourth-order valence-corrected chi connectivity index (χ4v) is 3.92. The quantitative estimate of drug-likeness (QED) is 0.330. The summed E-state index contributed by atoms with van der Waals surface area (Å²) in [5.74, 6) is 1.23. The van der Waals surface area contributed by atoms with E-state index in [0.717, 1.165) is 21.3 Å². The minimum atomic E-state index is 0.304.